The Hall–Kier alpha value is -1.27. The van der Waals surface area contributed by atoms with Gasteiger partial charge in [-0.25, -0.2) is 4.98 Å². The van der Waals surface area contributed by atoms with Gasteiger partial charge in [0.25, 0.3) is 11.5 Å². The second-order valence-electron chi connectivity index (χ2n) is 3.46. The lowest BCUT2D eigenvalue weighted by atomic mass is 10.3. The Labute approximate surface area is 107 Å². The van der Waals surface area contributed by atoms with Crippen molar-refractivity contribution in [3.05, 3.63) is 33.7 Å². The Morgan fingerprint density at radius 2 is 2.47 bits per heavy atom. The second-order valence-corrected chi connectivity index (χ2v) is 5.06. The number of amides is 1. The van der Waals surface area contributed by atoms with Gasteiger partial charge in [0, 0.05) is 23.5 Å². The molecule has 0 aliphatic carbocycles. The van der Waals surface area contributed by atoms with Crippen LogP contribution in [0.3, 0.4) is 0 Å². The van der Waals surface area contributed by atoms with Gasteiger partial charge in [-0.2, -0.15) is 0 Å². The number of hydrogen-bond acceptors (Lipinski definition) is 4. The smallest absolute Gasteiger partial charge is 0.267 e. The molecule has 0 spiro atoms. The minimum Gasteiger partial charge on any atom is -0.347 e. The molecule has 0 atom stereocenters. The summed E-state index contributed by atoms with van der Waals surface area (Å²) < 4.78 is 1.51. The summed E-state index contributed by atoms with van der Waals surface area (Å²) >= 11 is 7.04. The van der Waals surface area contributed by atoms with Crippen LogP contribution in [0.4, 0.5) is 0 Å². The van der Waals surface area contributed by atoms with Crippen molar-refractivity contribution in [2.45, 2.75) is 11.7 Å². The van der Waals surface area contributed by atoms with Crippen LogP contribution in [0.5, 0.6) is 0 Å². The van der Waals surface area contributed by atoms with E-state index in [2.05, 4.69) is 16.9 Å². The maximum absolute atomic E-state index is 11.9. The lowest BCUT2D eigenvalue weighted by Gasteiger charge is -2.05. The summed E-state index contributed by atoms with van der Waals surface area (Å²) in [6.45, 7) is 4.18. The molecule has 7 heteroatoms. The Morgan fingerprint density at radius 1 is 1.71 bits per heavy atom. The van der Waals surface area contributed by atoms with E-state index >= 15 is 0 Å². The summed E-state index contributed by atoms with van der Waals surface area (Å²) in [5.74, 6) is 0.336. The van der Waals surface area contributed by atoms with E-state index in [9.17, 15) is 9.59 Å². The predicted octanol–water partition coefficient (Wildman–Crippen LogP) is 0.831. The average molecular weight is 272 g/mol. The molecule has 0 aromatic carbocycles. The summed E-state index contributed by atoms with van der Waals surface area (Å²) in [5, 5.41) is 3.47. The first-order valence-corrected chi connectivity index (χ1v) is 6.30. The van der Waals surface area contributed by atoms with Crippen molar-refractivity contribution in [1.82, 2.24) is 14.9 Å². The summed E-state index contributed by atoms with van der Waals surface area (Å²) in [4.78, 5) is 27.7. The van der Waals surface area contributed by atoms with E-state index < -0.39 is 5.91 Å². The van der Waals surface area contributed by atoms with Gasteiger partial charge < -0.3 is 5.32 Å². The van der Waals surface area contributed by atoms with E-state index in [1.54, 1.807) is 0 Å². The van der Waals surface area contributed by atoms with E-state index in [1.165, 1.54) is 22.5 Å². The standard InChI is InChI=1S/C10H10ClN3O2S/c1-6(11)4-12-8(15)7-5-13-10-14(9(7)16)2-3-17-10/h5H,1-4H2,(H,12,15). The van der Waals surface area contributed by atoms with E-state index in [4.69, 9.17) is 11.6 Å². The van der Waals surface area contributed by atoms with Gasteiger partial charge in [-0.1, -0.05) is 29.9 Å². The number of nitrogens with one attached hydrogen (secondary N) is 1. The van der Waals surface area contributed by atoms with Crippen molar-refractivity contribution in [1.29, 1.82) is 0 Å². The minimum absolute atomic E-state index is 0.0363. The summed E-state index contributed by atoms with van der Waals surface area (Å²) in [6.07, 6.45) is 1.30. The number of fused-ring (bicyclic) bond motifs is 1. The van der Waals surface area contributed by atoms with Crippen molar-refractivity contribution in [3.8, 4) is 0 Å². The monoisotopic (exact) mass is 271 g/mol. The van der Waals surface area contributed by atoms with Gasteiger partial charge in [0.2, 0.25) is 0 Å². The average Bonchev–Trinajstić information content (AvgIpc) is 2.75. The first-order valence-electron chi connectivity index (χ1n) is 4.93. The largest absolute Gasteiger partial charge is 0.347 e. The van der Waals surface area contributed by atoms with Crippen LogP contribution in [0, 0.1) is 0 Å². The quantitative estimate of drug-likeness (QED) is 0.827. The van der Waals surface area contributed by atoms with Gasteiger partial charge in [0.05, 0.1) is 6.54 Å². The molecule has 1 N–H and O–H groups in total. The third kappa shape index (κ3) is 2.53. The summed E-state index contributed by atoms with van der Waals surface area (Å²) in [6, 6.07) is 0. The van der Waals surface area contributed by atoms with E-state index in [0.29, 0.717) is 16.7 Å². The Bertz CT molecular complexity index is 541. The molecule has 0 bridgehead atoms. The molecule has 2 rings (SSSR count). The maximum Gasteiger partial charge on any atom is 0.267 e. The number of carbonyl (C=O) groups is 1. The molecule has 90 valence electrons. The van der Waals surface area contributed by atoms with Crippen LogP contribution in [-0.4, -0.2) is 27.8 Å². The first kappa shape index (κ1) is 12.2. The van der Waals surface area contributed by atoms with Crippen molar-refractivity contribution < 1.29 is 4.79 Å². The molecule has 0 saturated heterocycles. The molecule has 17 heavy (non-hydrogen) atoms. The normalized spacial score (nSPS) is 13.2. The predicted molar refractivity (Wildman–Crippen MR) is 66.5 cm³/mol. The highest BCUT2D eigenvalue weighted by atomic mass is 35.5. The molecule has 1 aliphatic rings. The third-order valence-electron chi connectivity index (χ3n) is 2.24. The molecule has 1 aromatic heterocycles. The van der Waals surface area contributed by atoms with Gasteiger partial charge in [0.1, 0.15) is 5.56 Å². The Balaban J connectivity index is 2.25. The number of rotatable bonds is 3. The Kier molecular flexibility index (Phi) is 3.54. The highest BCUT2D eigenvalue weighted by molar-refractivity contribution is 7.99. The molecule has 1 aromatic rings. The van der Waals surface area contributed by atoms with Crippen LogP contribution >= 0.6 is 23.4 Å². The molecule has 0 saturated carbocycles. The summed E-state index contributed by atoms with van der Waals surface area (Å²) in [7, 11) is 0. The van der Waals surface area contributed by atoms with Crippen LogP contribution in [0.2, 0.25) is 0 Å². The fourth-order valence-corrected chi connectivity index (χ4v) is 2.43. The van der Waals surface area contributed by atoms with E-state index in [-0.39, 0.29) is 17.7 Å². The maximum atomic E-state index is 11.9. The lowest BCUT2D eigenvalue weighted by Crippen LogP contribution is -2.33. The van der Waals surface area contributed by atoms with Gasteiger partial charge in [-0.15, -0.1) is 0 Å². The van der Waals surface area contributed by atoms with E-state index in [0.717, 1.165) is 5.75 Å². The molecule has 0 unspecified atom stereocenters. The SMILES string of the molecule is C=C(Cl)CNC(=O)c1cnc2n(c1=O)CCS2. The number of halogens is 1. The number of hydrogen-bond donors (Lipinski definition) is 1. The van der Waals surface area contributed by atoms with Crippen molar-refractivity contribution >= 4 is 29.3 Å². The van der Waals surface area contributed by atoms with Crippen molar-refractivity contribution in [2.75, 3.05) is 12.3 Å². The molecule has 0 radical (unpaired) electrons. The fraction of sp³-hybridized carbons (Fsp3) is 0.300. The molecule has 1 amide bonds. The zero-order chi connectivity index (χ0) is 12.4. The van der Waals surface area contributed by atoms with Crippen LogP contribution in [0.25, 0.3) is 0 Å². The molecule has 5 nitrogen and oxygen atoms in total. The number of carbonyl (C=O) groups excluding carboxylic acids is 1. The second kappa shape index (κ2) is 4.93. The number of nitrogens with zero attached hydrogens (tertiary/aromatic N) is 2. The third-order valence-corrected chi connectivity index (χ3v) is 3.35. The van der Waals surface area contributed by atoms with Gasteiger partial charge in [-0.3, -0.25) is 14.2 Å². The summed E-state index contributed by atoms with van der Waals surface area (Å²) in [5.41, 5.74) is -0.271. The van der Waals surface area contributed by atoms with Gasteiger partial charge >= 0.3 is 0 Å². The number of aromatic nitrogens is 2. The number of thioether (sulfide) groups is 1. The van der Waals surface area contributed by atoms with E-state index in [1.807, 2.05) is 0 Å². The minimum atomic E-state index is -0.475. The van der Waals surface area contributed by atoms with Gasteiger partial charge in [-0.05, 0) is 0 Å². The van der Waals surface area contributed by atoms with Crippen LogP contribution in [-0.2, 0) is 6.54 Å². The zero-order valence-corrected chi connectivity index (χ0v) is 10.5. The first-order chi connectivity index (χ1) is 8.09. The molecular weight excluding hydrogens is 262 g/mol. The molecule has 1 aliphatic heterocycles. The van der Waals surface area contributed by atoms with Crippen LogP contribution in [0.1, 0.15) is 10.4 Å². The molecule has 2 heterocycles. The molecular formula is C10H10ClN3O2S. The Morgan fingerprint density at radius 3 is 3.18 bits per heavy atom. The highest BCUT2D eigenvalue weighted by Gasteiger charge is 2.19. The molecule has 0 fully saturated rings. The highest BCUT2D eigenvalue weighted by Crippen LogP contribution is 2.20. The van der Waals surface area contributed by atoms with Crippen molar-refractivity contribution in [3.63, 3.8) is 0 Å². The lowest BCUT2D eigenvalue weighted by molar-refractivity contribution is 0.0954. The van der Waals surface area contributed by atoms with Crippen LogP contribution < -0.4 is 10.9 Å². The van der Waals surface area contributed by atoms with Gasteiger partial charge in [0.15, 0.2) is 5.16 Å². The van der Waals surface area contributed by atoms with Crippen molar-refractivity contribution in [2.24, 2.45) is 0 Å². The zero-order valence-electron chi connectivity index (χ0n) is 8.90. The van der Waals surface area contributed by atoms with Crippen LogP contribution in [0.15, 0.2) is 27.8 Å². The topological polar surface area (TPSA) is 64.0 Å². The fourth-order valence-electron chi connectivity index (χ4n) is 1.44.